The van der Waals surface area contributed by atoms with Crippen molar-refractivity contribution in [3.63, 3.8) is 0 Å². The number of hydrogen-bond donors (Lipinski definition) is 1. The molecule has 0 bridgehead atoms. The zero-order valence-electron chi connectivity index (χ0n) is 9.43. The summed E-state index contributed by atoms with van der Waals surface area (Å²) in [6, 6.07) is 9.25. The van der Waals surface area contributed by atoms with E-state index in [0.717, 1.165) is 25.9 Å². The molecule has 2 rings (SSSR count). The first-order valence-electron chi connectivity index (χ1n) is 5.34. The molecule has 17 heavy (non-hydrogen) atoms. The fraction of sp³-hybridized carbons (Fsp3) is 0.417. The number of nitrogens with one attached hydrogen (secondary N) is 1. The van der Waals surface area contributed by atoms with Crippen LogP contribution in [0, 0.1) is 5.92 Å². The molecule has 5 heteroatoms. The van der Waals surface area contributed by atoms with E-state index in [1.54, 1.807) is 12.1 Å². The van der Waals surface area contributed by atoms with Gasteiger partial charge < -0.3 is 10.1 Å². The molecule has 3 nitrogen and oxygen atoms in total. The molecular formula is C12H17Cl2NO2. The van der Waals surface area contributed by atoms with Gasteiger partial charge in [-0.3, -0.25) is 4.79 Å². The molecule has 1 aromatic carbocycles. The van der Waals surface area contributed by atoms with E-state index in [0.29, 0.717) is 5.75 Å². The van der Waals surface area contributed by atoms with Gasteiger partial charge in [0, 0.05) is 0 Å². The van der Waals surface area contributed by atoms with Crippen molar-refractivity contribution in [1.82, 2.24) is 5.32 Å². The average Bonchev–Trinajstić information content (AvgIpc) is 2.31. The van der Waals surface area contributed by atoms with E-state index in [2.05, 4.69) is 5.32 Å². The lowest BCUT2D eigenvalue weighted by Crippen LogP contribution is -2.33. The standard InChI is InChI=1S/C12H15NO2.2ClH/c14-12(10-6-8-13-9-7-10)15-11-4-2-1-3-5-11;;/h1-5,10,13H,6-9H2;2*1H. The van der Waals surface area contributed by atoms with Gasteiger partial charge in [-0.05, 0) is 38.1 Å². The van der Waals surface area contributed by atoms with E-state index in [1.807, 2.05) is 18.2 Å². The summed E-state index contributed by atoms with van der Waals surface area (Å²) in [7, 11) is 0. The second-order valence-electron chi connectivity index (χ2n) is 3.76. The summed E-state index contributed by atoms with van der Waals surface area (Å²) in [5.74, 6) is 0.607. The molecule has 0 amide bonds. The number of ether oxygens (including phenoxy) is 1. The highest BCUT2D eigenvalue weighted by molar-refractivity contribution is 5.85. The van der Waals surface area contributed by atoms with Crippen molar-refractivity contribution in [1.29, 1.82) is 0 Å². The number of benzene rings is 1. The number of piperidine rings is 1. The molecule has 1 aliphatic rings. The van der Waals surface area contributed by atoms with Gasteiger partial charge in [-0.25, -0.2) is 0 Å². The van der Waals surface area contributed by atoms with E-state index in [9.17, 15) is 4.79 Å². The third-order valence-corrected chi connectivity index (χ3v) is 2.63. The van der Waals surface area contributed by atoms with Crippen LogP contribution < -0.4 is 10.1 Å². The van der Waals surface area contributed by atoms with Crippen LogP contribution >= 0.6 is 24.8 Å². The summed E-state index contributed by atoms with van der Waals surface area (Å²) in [6.07, 6.45) is 1.76. The number of carbonyl (C=O) groups excluding carboxylic acids is 1. The first kappa shape index (κ1) is 16.2. The molecule has 1 aromatic rings. The smallest absolute Gasteiger partial charge is 0.314 e. The fourth-order valence-electron chi connectivity index (χ4n) is 1.75. The normalized spacial score (nSPS) is 15.3. The van der Waals surface area contributed by atoms with Gasteiger partial charge in [0.2, 0.25) is 0 Å². The van der Waals surface area contributed by atoms with Gasteiger partial charge in [0.1, 0.15) is 5.75 Å². The first-order valence-corrected chi connectivity index (χ1v) is 5.34. The molecule has 0 unspecified atom stereocenters. The summed E-state index contributed by atoms with van der Waals surface area (Å²) >= 11 is 0. The largest absolute Gasteiger partial charge is 0.426 e. The Morgan fingerprint density at radius 2 is 1.71 bits per heavy atom. The van der Waals surface area contributed by atoms with Gasteiger partial charge in [0.05, 0.1) is 5.92 Å². The van der Waals surface area contributed by atoms with Crippen LogP contribution in [0.15, 0.2) is 30.3 Å². The van der Waals surface area contributed by atoms with Crippen LogP contribution in [0.25, 0.3) is 0 Å². The average molecular weight is 278 g/mol. The molecule has 0 saturated carbocycles. The van der Waals surface area contributed by atoms with Crippen LogP contribution in [0.5, 0.6) is 5.75 Å². The van der Waals surface area contributed by atoms with Crippen molar-refractivity contribution < 1.29 is 9.53 Å². The van der Waals surface area contributed by atoms with Crippen molar-refractivity contribution in [2.75, 3.05) is 13.1 Å². The molecule has 96 valence electrons. The van der Waals surface area contributed by atoms with E-state index in [4.69, 9.17) is 4.74 Å². The van der Waals surface area contributed by atoms with Crippen LogP contribution in [-0.4, -0.2) is 19.1 Å². The second-order valence-corrected chi connectivity index (χ2v) is 3.76. The second kappa shape index (κ2) is 8.34. The van der Waals surface area contributed by atoms with Crippen molar-refractivity contribution in [3.8, 4) is 5.75 Å². The predicted molar refractivity (Wildman–Crippen MR) is 72.2 cm³/mol. The van der Waals surface area contributed by atoms with Gasteiger partial charge in [-0.2, -0.15) is 0 Å². The van der Waals surface area contributed by atoms with Gasteiger partial charge in [0.15, 0.2) is 0 Å². The summed E-state index contributed by atoms with van der Waals surface area (Å²) in [6.45, 7) is 1.82. The highest BCUT2D eigenvalue weighted by atomic mass is 35.5. The van der Waals surface area contributed by atoms with Gasteiger partial charge >= 0.3 is 5.97 Å². The Kier molecular flexibility index (Phi) is 7.96. The molecule has 1 heterocycles. The predicted octanol–water partition coefficient (Wildman–Crippen LogP) is 2.44. The zero-order valence-corrected chi connectivity index (χ0v) is 11.1. The van der Waals surface area contributed by atoms with Crippen LogP contribution in [0.4, 0.5) is 0 Å². The third-order valence-electron chi connectivity index (χ3n) is 2.63. The molecule has 0 aromatic heterocycles. The van der Waals surface area contributed by atoms with Gasteiger partial charge in [0.25, 0.3) is 0 Å². The van der Waals surface area contributed by atoms with Crippen LogP contribution in [0.2, 0.25) is 0 Å². The van der Waals surface area contributed by atoms with Crippen molar-refractivity contribution in [2.24, 2.45) is 5.92 Å². The Balaban J connectivity index is 0.00000128. The van der Waals surface area contributed by atoms with E-state index < -0.39 is 0 Å². The number of esters is 1. The van der Waals surface area contributed by atoms with E-state index in [-0.39, 0.29) is 36.7 Å². The Morgan fingerprint density at radius 3 is 2.29 bits per heavy atom. The molecule has 0 radical (unpaired) electrons. The number of rotatable bonds is 2. The van der Waals surface area contributed by atoms with Crippen LogP contribution in [-0.2, 0) is 4.79 Å². The molecule has 1 fully saturated rings. The molecule has 0 spiro atoms. The topological polar surface area (TPSA) is 38.3 Å². The number of carbonyl (C=O) groups is 1. The molecular weight excluding hydrogens is 261 g/mol. The molecule has 0 aliphatic carbocycles. The van der Waals surface area contributed by atoms with Crippen molar-refractivity contribution in [3.05, 3.63) is 30.3 Å². The molecule has 1 aliphatic heterocycles. The van der Waals surface area contributed by atoms with Crippen molar-refractivity contribution in [2.45, 2.75) is 12.8 Å². The van der Waals surface area contributed by atoms with Crippen LogP contribution in [0.3, 0.4) is 0 Å². The zero-order chi connectivity index (χ0) is 10.5. The SMILES string of the molecule is Cl.Cl.O=C(Oc1ccccc1)C1CCNCC1. The quantitative estimate of drug-likeness (QED) is 0.667. The maximum absolute atomic E-state index is 11.7. The summed E-state index contributed by atoms with van der Waals surface area (Å²) < 4.78 is 5.29. The fourth-order valence-corrected chi connectivity index (χ4v) is 1.75. The lowest BCUT2D eigenvalue weighted by Gasteiger charge is -2.20. The Labute approximate surface area is 114 Å². The summed E-state index contributed by atoms with van der Waals surface area (Å²) in [5, 5.41) is 3.23. The summed E-state index contributed by atoms with van der Waals surface area (Å²) in [5.41, 5.74) is 0. The first-order chi connectivity index (χ1) is 7.36. The Hall–Kier alpha value is -0.770. The lowest BCUT2D eigenvalue weighted by molar-refractivity contribution is -0.139. The highest BCUT2D eigenvalue weighted by Gasteiger charge is 2.22. The van der Waals surface area contributed by atoms with E-state index in [1.165, 1.54) is 0 Å². The Morgan fingerprint density at radius 1 is 1.12 bits per heavy atom. The monoisotopic (exact) mass is 277 g/mol. The van der Waals surface area contributed by atoms with Crippen LogP contribution in [0.1, 0.15) is 12.8 Å². The summed E-state index contributed by atoms with van der Waals surface area (Å²) in [4.78, 5) is 11.7. The maximum atomic E-state index is 11.7. The molecule has 1 N–H and O–H groups in total. The molecule has 1 saturated heterocycles. The van der Waals surface area contributed by atoms with Gasteiger partial charge in [-0.1, -0.05) is 18.2 Å². The minimum absolute atomic E-state index is 0. The number of para-hydroxylation sites is 1. The third kappa shape index (κ3) is 4.94. The van der Waals surface area contributed by atoms with Gasteiger partial charge in [-0.15, -0.1) is 24.8 Å². The number of hydrogen-bond acceptors (Lipinski definition) is 3. The maximum Gasteiger partial charge on any atom is 0.314 e. The van der Waals surface area contributed by atoms with E-state index >= 15 is 0 Å². The minimum Gasteiger partial charge on any atom is -0.426 e. The van der Waals surface area contributed by atoms with Crippen molar-refractivity contribution >= 4 is 30.8 Å². The lowest BCUT2D eigenvalue weighted by atomic mass is 9.98. The molecule has 0 atom stereocenters. The number of halogens is 2. The highest BCUT2D eigenvalue weighted by Crippen LogP contribution is 2.16. The minimum atomic E-state index is -0.0947. The Bertz CT molecular complexity index is 327.